The van der Waals surface area contributed by atoms with Gasteiger partial charge in [0.15, 0.2) is 16.1 Å². The van der Waals surface area contributed by atoms with Crippen molar-refractivity contribution in [2.24, 2.45) is 0 Å². The number of amides is 1. The molecule has 1 aliphatic rings. The number of benzene rings is 2. The predicted molar refractivity (Wildman–Crippen MR) is 133 cm³/mol. The van der Waals surface area contributed by atoms with Crippen LogP contribution in [-0.4, -0.2) is 57.7 Å². The summed E-state index contributed by atoms with van der Waals surface area (Å²) < 4.78 is 8.51. The van der Waals surface area contributed by atoms with E-state index in [1.807, 2.05) is 53.1 Å². The van der Waals surface area contributed by atoms with Crippen LogP contribution in [-0.2, 0) is 16.1 Å². The number of carbonyl (C=O) groups is 1. The molecule has 1 fully saturated rings. The topological polar surface area (TPSA) is 85.2 Å². The van der Waals surface area contributed by atoms with Gasteiger partial charge in [0, 0.05) is 30.9 Å². The van der Waals surface area contributed by atoms with Gasteiger partial charge in [-0.15, -0.1) is 10.2 Å². The van der Waals surface area contributed by atoms with Gasteiger partial charge in [0.2, 0.25) is 5.91 Å². The fraction of sp³-hybridized carbons (Fsp3) is 0.304. The maximum atomic E-state index is 12.6. The number of rotatable bonds is 7. The molecule has 33 heavy (non-hydrogen) atoms. The van der Waals surface area contributed by atoms with Gasteiger partial charge in [-0.1, -0.05) is 53.4 Å². The van der Waals surface area contributed by atoms with Crippen molar-refractivity contribution in [1.29, 1.82) is 0 Å². The van der Waals surface area contributed by atoms with E-state index in [2.05, 4.69) is 27.3 Å². The molecule has 2 aromatic carbocycles. The lowest BCUT2D eigenvalue weighted by Crippen LogP contribution is -2.36. The highest BCUT2D eigenvalue weighted by Gasteiger charge is 2.17. The molecule has 0 saturated carbocycles. The normalized spacial score (nSPS) is 14.0. The van der Waals surface area contributed by atoms with Crippen LogP contribution in [0.15, 0.2) is 53.7 Å². The van der Waals surface area contributed by atoms with Crippen LogP contribution >= 0.6 is 23.1 Å². The average Bonchev–Trinajstić information content (AvgIpc) is 3.47. The monoisotopic (exact) mass is 480 g/mol. The molecule has 0 radical (unpaired) electrons. The summed E-state index contributed by atoms with van der Waals surface area (Å²) in [5, 5.41) is 13.4. The van der Waals surface area contributed by atoms with E-state index in [-0.39, 0.29) is 11.7 Å². The van der Waals surface area contributed by atoms with Crippen LogP contribution in [0.5, 0.6) is 0 Å². The van der Waals surface area contributed by atoms with E-state index in [0.717, 1.165) is 70.4 Å². The Hall–Kier alpha value is -2.95. The summed E-state index contributed by atoms with van der Waals surface area (Å²) in [5.41, 5.74) is 2.73. The fourth-order valence-electron chi connectivity index (χ4n) is 3.69. The third kappa shape index (κ3) is 4.87. The Balaban J connectivity index is 1.23. The molecule has 3 heterocycles. The Kier molecular flexibility index (Phi) is 6.56. The van der Waals surface area contributed by atoms with Gasteiger partial charge in [-0.05, 0) is 25.1 Å². The number of carbonyl (C=O) groups excluding carboxylic acids is 1. The zero-order valence-corrected chi connectivity index (χ0v) is 19.9. The van der Waals surface area contributed by atoms with Gasteiger partial charge in [0.05, 0.1) is 29.2 Å². The number of hydrogen-bond donors (Lipinski definition) is 1. The highest BCUT2D eigenvalue weighted by molar-refractivity contribution is 7.99. The first-order chi connectivity index (χ1) is 16.2. The minimum Gasteiger partial charge on any atom is -0.378 e. The van der Waals surface area contributed by atoms with Gasteiger partial charge >= 0.3 is 0 Å². The number of fused-ring (bicyclic) bond motifs is 1. The highest BCUT2D eigenvalue weighted by atomic mass is 32.2. The summed E-state index contributed by atoms with van der Waals surface area (Å²) in [7, 11) is 0. The van der Waals surface area contributed by atoms with Crippen molar-refractivity contribution in [3.63, 3.8) is 0 Å². The van der Waals surface area contributed by atoms with E-state index in [1.165, 1.54) is 11.8 Å². The molecule has 0 atom stereocenters. The molecule has 2 aromatic heterocycles. The van der Waals surface area contributed by atoms with Crippen LogP contribution in [0.25, 0.3) is 21.6 Å². The number of nitrogens with one attached hydrogen (secondary N) is 1. The molecule has 5 rings (SSSR count). The number of hydrogen-bond acceptors (Lipinski definition) is 8. The van der Waals surface area contributed by atoms with Crippen LogP contribution in [0.1, 0.15) is 6.92 Å². The van der Waals surface area contributed by atoms with Crippen LogP contribution < -0.4 is 10.2 Å². The molecule has 1 amide bonds. The Bertz CT molecular complexity index is 1250. The molecule has 170 valence electrons. The van der Waals surface area contributed by atoms with Gasteiger partial charge in [-0.25, -0.2) is 4.98 Å². The van der Waals surface area contributed by atoms with Crippen LogP contribution in [0.2, 0.25) is 0 Å². The van der Waals surface area contributed by atoms with Gasteiger partial charge in [0.1, 0.15) is 0 Å². The van der Waals surface area contributed by atoms with E-state index >= 15 is 0 Å². The van der Waals surface area contributed by atoms with Crippen molar-refractivity contribution >= 4 is 50.0 Å². The maximum absolute atomic E-state index is 12.6. The SMILES string of the molecule is CCn1c(SCC(=O)Nc2ccc3nc(N4CCOCC4)sc3c2)nnc1-c1ccccc1. The summed E-state index contributed by atoms with van der Waals surface area (Å²) in [6.45, 7) is 5.95. The summed E-state index contributed by atoms with van der Waals surface area (Å²) in [4.78, 5) is 19.6. The minimum atomic E-state index is -0.0795. The Morgan fingerprint density at radius 3 is 2.76 bits per heavy atom. The van der Waals surface area contributed by atoms with Crippen LogP contribution in [0.4, 0.5) is 10.8 Å². The van der Waals surface area contributed by atoms with E-state index in [9.17, 15) is 4.79 Å². The Morgan fingerprint density at radius 2 is 1.97 bits per heavy atom. The lowest BCUT2D eigenvalue weighted by atomic mass is 10.2. The van der Waals surface area contributed by atoms with Crippen molar-refractivity contribution in [2.75, 3.05) is 42.3 Å². The molecule has 0 unspecified atom stereocenters. The first kappa shape index (κ1) is 21.9. The number of thioether (sulfide) groups is 1. The van der Waals surface area contributed by atoms with Gasteiger partial charge in [-0.2, -0.15) is 0 Å². The number of anilines is 2. The third-order valence-electron chi connectivity index (χ3n) is 5.34. The molecule has 10 heteroatoms. The lowest BCUT2D eigenvalue weighted by molar-refractivity contribution is -0.113. The standard InChI is InChI=1S/C23H24N6O2S2/c1-2-29-21(16-6-4-3-5-7-16)26-27-23(29)32-15-20(30)24-17-8-9-18-19(14-17)33-22(25-18)28-10-12-31-13-11-28/h3-9,14H,2,10-13,15H2,1H3,(H,24,30). The Morgan fingerprint density at radius 1 is 1.15 bits per heavy atom. The number of thiazole rings is 1. The molecular weight excluding hydrogens is 456 g/mol. The number of aromatic nitrogens is 4. The Labute approximate surface area is 200 Å². The highest BCUT2D eigenvalue weighted by Crippen LogP contribution is 2.31. The van der Waals surface area contributed by atoms with Crippen molar-refractivity contribution in [1.82, 2.24) is 19.7 Å². The van der Waals surface area contributed by atoms with Gasteiger partial charge in [-0.3, -0.25) is 4.79 Å². The second-order valence-electron chi connectivity index (χ2n) is 7.53. The molecule has 0 aliphatic carbocycles. The zero-order chi connectivity index (χ0) is 22.6. The first-order valence-electron chi connectivity index (χ1n) is 10.9. The second kappa shape index (κ2) is 9.90. The average molecular weight is 481 g/mol. The van der Waals surface area contributed by atoms with E-state index in [4.69, 9.17) is 9.72 Å². The smallest absolute Gasteiger partial charge is 0.234 e. The molecule has 4 aromatic rings. The molecule has 8 nitrogen and oxygen atoms in total. The van der Waals surface area contributed by atoms with E-state index in [1.54, 1.807) is 11.3 Å². The van der Waals surface area contributed by atoms with Crippen molar-refractivity contribution in [2.45, 2.75) is 18.6 Å². The van der Waals surface area contributed by atoms with Gasteiger partial charge < -0.3 is 19.5 Å². The van der Waals surface area contributed by atoms with Crippen molar-refractivity contribution in [3.05, 3.63) is 48.5 Å². The quantitative estimate of drug-likeness (QED) is 0.398. The summed E-state index contributed by atoms with van der Waals surface area (Å²) in [6.07, 6.45) is 0. The second-order valence-corrected chi connectivity index (χ2v) is 9.48. The minimum absolute atomic E-state index is 0.0795. The maximum Gasteiger partial charge on any atom is 0.234 e. The number of morpholine rings is 1. The lowest BCUT2D eigenvalue weighted by Gasteiger charge is -2.25. The summed E-state index contributed by atoms with van der Waals surface area (Å²) >= 11 is 3.03. The van der Waals surface area contributed by atoms with Crippen molar-refractivity contribution < 1.29 is 9.53 Å². The molecular formula is C23H24N6O2S2. The molecule has 1 aliphatic heterocycles. The van der Waals surface area contributed by atoms with Crippen LogP contribution in [0.3, 0.4) is 0 Å². The van der Waals surface area contributed by atoms with E-state index < -0.39 is 0 Å². The van der Waals surface area contributed by atoms with E-state index in [0.29, 0.717) is 0 Å². The summed E-state index contributed by atoms with van der Waals surface area (Å²) in [5.74, 6) is 0.990. The molecule has 0 bridgehead atoms. The number of ether oxygens (including phenoxy) is 1. The molecule has 1 N–H and O–H groups in total. The molecule has 1 saturated heterocycles. The number of nitrogens with zero attached hydrogens (tertiary/aromatic N) is 5. The van der Waals surface area contributed by atoms with Crippen LogP contribution in [0, 0.1) is 0 Å². The third-order valence-corrected chi connectivity index (χ3v) is 7.39. The largest absolute Gasteiger partial charge is 0.378 e. The fourth-order valence-corrected chi connectivity index (χ4v) is 5.55. The van der Waals surface area contributed by atoms with Crippen molar-refractivity contribution in [3.8, 4) is 11.4 Å². The predicted octanol–water partition coefficient (Wildman–Crippen LogP) is 4.14. The summed E-state index contributed by atoms with van der Waals surface area (Å²) in [6, 6.07) is 15.8. The zero-order valence-electron chi connectivity index (χ0n) is 18.2. The van der Waals surface area contributed by atoms with Gasteiger partial charge in [0.25, 0.3) is 0 Å². The first-order valence-corrected chi connectivity index (χ1v) is 12.7. The molecule has 0 spiro atoms.